The van der Waals surface area contributed by atoms with Gasteiger partial charge in [-0.2, -0.15) is 0 Å². The highest BCUT2D eigenvalue weighted by molar-refractivity contribution is 8.01. The van der Waals surface area contributed by atoms with Gasteiger partial charge >= 0.3 is 6.03 Å². The predicted octanol–water partition coefficient (Wildman–Crippen LogP) is 6.89. The van der Waals surface area contributed by atoms with E-state index in [1.165, 1.54) is 29.5 Å². The fourth-order valence-electron chi connectivity index (χ4n) is 4.69. The first kappa shape index (κ1) is 30.4. The molecule has 2 N–H and O–H groups in total. The number of thiazole rings is 1. The molecular formula is C33H23N5O6S2. The maximum atomic E-state index is 13.3. The Kier molecular flexibility index (Phi) is 8.17. The van der Waals surface area contributed by atoms with Crippen LogP contribution in [0.3, 0.4) is 0 Å². The zero-order valence-corrected chi connectivity index (χ0v) is 25.9. The Balaban J connectivity index is 1.25. The summed E-state index contributed by atoms with van der Waals surface area (Å²) in [5, 5.41) is 17.1. The molecule has 46 heavy (non-hydrogen) atoms. The van der Waals surface area contributed by atoms with Gasteiger partial charge in [-0.1, -0.05) is 42.1 Å². The molecule has 4 aromatic carbocycles. The summed E-state index contributed by atoms with van der Waals surface area (Å²) in [6.45, 7) is 3.73. The van der Waals surface area contributed by atoms with Crippen LogP contribution < -0.4 is 15.5 Å². The average Bonchev–Trinajstić information content (AvgIpc) is 3.43. The maximum Gasteiger partial charge on any atom is 0.335 e. The Hall–Kier alpha value is -5.66. The molecule has 228 valence electrons. The van der Waals surface area contributed by atoms with E-state index >= 15 is 0 Å². The number of benzene rings is 4. The summed E-state index contributed by atoms with van der Waals surface area (Å²) in [6.07, 6.45) is 1.22. The summed E-state index contributed by atoms with van der Waals surface area (Å²) in [4.78, 5) is 68.4. The molecule has 1 aliphatic heterocycles. The van der Waals surface area contributed by atoms with Crippen molar-refractivity contribution in [2.24, 2.45) is 0 Å². The second kappa shape index (κ2) is 12.4. The molecule has 1 aliphatic rings. The van der Waals surface area contributed by atoms with Crippen molar-refractivity contribution in [2.45, 2.75) is 23.1 Å². The lowest BCUT2D eigenvalue weighted by molar-refractivity contribution is -0.387. The van der Waals surface area contributed by atoms with E-state index in [0.29, 0.717) is 31.7 Å². The fourth-order valence-corrected chi connectivity index (χ4v) is 6.84. The van der Waals surface area contributed by atoms with Crippen LogP contribution in [0, 0.1) is 24.0 Å². The minimum absolute atomic E-state index is 0.229. The molecule has 0 saturated carbocycles. The van der Waals surface area contributed by atoms with Crippen LogP contribution in [-0.4, -0.2) is 33.7 Å². The molecule has 0 aliphatic carbocycles. The van der Waals surface area contributed by atoms with Gasteiger partial charge in [-0.3, -0.25) is 29.8 Å². The third kappa shape index (κ3) is 6.14. The van der Waals surface area contributed by atoms with Gasteiger partial charge in [0.05, 0.1) is 25.7 Å². The van der Waals surface area contributed by atoms with Crippen molar-refractivity contribution >= 4 is 80.2 Å². The number of carbonyl (C=O) groups is 4. The van der Waals surface area contributed by atoms with Crippen LogP contribution in [0.1, 0.15) is 27.0 Å². The van der Waals surface area contributed by atoms with E-state index < -0.39 is 22.8 Å². The molecule has 13 heteroatoms. The standard InChI is InChI=1S/C33H23N5O6S2/c1-18-8-11-23(14-19(18)2)37-31(41)24(30(40)36-32(37)42)15-20-9-13-27(26(16-20)38(43)44)45-33-35-25-12-10-22(17-28(25)46-33)34-29(39)21-6-4-3-5-7-21/h3-17H,1-2H3,(H,34,39)(H,36,40,42)/b24-15+. The van der Waals surface area contributed by atoms with E-state index in [4.69, 9.17) is 0 Å². The summed E-state index contributed by atoms with van der Waals surface area (Å²) in [5.41, 5.74) is 3.53. The number of imide groups is 2. The molecular weight excluding hydrogens is 627 g/mol. The van der Waals surface area contributed by atoms with Gasteiger partial charge in [0.25, 0.3) is 23.4 Å². The zero-order valence-electron chi connectivity index (χ0n) is 24.3. The van der Waals surface area contributed by atoms with Crippen LogP contribution in [0.5, 0.6) is 0 Å². The number of nitrogens with one attached hydrogen (secondary N) is 2. The predicted molar refractivity (Wildman–Crippen MR) is 176 cm³/mol. The third-order valence-electron chi connectivity index (χ3n) is 7.20. The molecule has 0 atom stereocenters. The molecule has 5 amide bonds. The SMILES string of the molecule is Cc1ccc(N2C(=O)NC(=O)/C(=C\c3ccc(Sc4nc5ccc(NC(=O)c6ccccc6)cc5s4)c([N+](=O)[O-])c3)C2=O)cc1C. The topological polar surface area (TPSA) is 152 Å². The maximum absolute atomic E-state index is 13.3. The number of aryl methyl sites for hydroxylation is 2. The van der Waals surface area contributed by atoms with Crippen LogP contribution in [0.25, 0.3) is 16.3 Å². The van der Waals surface area contributed by atoms with E-state index in [1.807, 2.05) is 19.9 Å². The van der Waals surface area contributed by atoms with Gasteiger partial charge in [0, 0.05) is 17.3 Å². The van der Waals surface area contributed by atoms with Crippen LogP contribution >= 0.6 is 23.1 Å². The quantitative estimate of drug-likeness (QED) is 0.0837. The Bertz CT molecular complexity index is 2130. The van der Waals surface area contributed by atoms with Gasteiger partial charge in [0.1, 0.15) is 5.57 Å². The van der Waals surface area contributed by atoms with Crippen molar-refractivity contribution in [3.05, 3.63) is 123 Å². The number of fused-ring (bicyclic) bond motifs is 1. The van der Waals surface area contributed by atoms with Crippen LogP contribution in [0.15, 0.2) is 99.7 Å². The number of nitrogens with zero attached hydrogens (tertiary/aromatic N) is 3. The van der Waals surface area contributed by atoms with E-state index in [2.05, 4.69) is 15.6 Å². The summed E-state index contributed by atoms with van der Waals surface area (Å²) >= 11 is 2.41. The first-order valence-corrected chi connectivity index (χ1v) is 15.4. The van der Waals surface area contributed by atoms with E-state index in [-0.39, 0.29) is 22.7 Å². The molecule has 2 heterocycles. The number of hydrogen-bond donors (Lipinski definition) is 2. The second-order valence-electron chi connectivity index (χ2n) is 10.3. The lowest BCUT2D eigenvalue weighted by Gasteiger charge is -2.26. The highest BCUT2D eigenvalue weighted by atomic mass is 32.2. The van der Waals surface area contributed by atoms with Gasteiger partial charge in [-0.15, -0.1) is 11.3 Å². The number of carbonyl (C=O) groups excluding carboxylic acids is 4. The Labute approximate surface area is 270 Å². The summed E-state index contributed by atoms with van der Waals surface area (Å²) in [7, 11) is 0. The number of nitro groups is 1. The number of nitro benzene ring substituents is 1. The van der Waals surface area contributed by atoms with Crippen molar-refractivity contribution in [1.29, 1.82) is 0 Å². The number of barbiturate groups is 1. The van der Waals surface area contributed by atoms with Gasteiger partial charge in [0.15, 0.2) is 4.34 Å². The largest absolute Gasteiger partial charge is 0.335 e. The number of amides is 5. The summed E-state index contributed by atoms with van der Waals surface area (Å²) in [6, 6.07) is 22.6. The van der Waals surface area contributed by atoms with Crippen molar-refractivity contribution < 1.29 is 24.1 Å². The molecule has 0 bridgehead atoms. The number of urea groups is 1. The third-order valence-corrected chi connectivity index (χ3v) is 9.34. The molecule has 0 radical (unpaired) electrons. The molecule has 0 spiro atoms. The highest BCUT2D eigenvalue weighted by Gasteiger charge is 2.37. The van der Waals surface area contributed by atoms with Gasteiger partial charge in [-0.05, 0) is 85.1 Å². The van der Waals surface area contributed by atoms with Crippen molar-refractivity contribution in [2.75, 3.05) is 10.2 Å². The van der Waals surface area contributed by atoms with Crippen LogP contribution in [0.4, 0.5) is 21.9 Å². The number of aromatic nitrogens is 1. The van der Waals surface area contributed by atoms with E-state index in [9.17, 15) is 29.3 Å². The Morgan fingerprint density at radius 3 is 2.50 bits per heavy atom. The lowest BCUT2D eigenvalue weighted by Crippen LogP contribution is -2.54. The lowest BCUT2D eigenvalue weighted by atomic mass is 10.0. The molecule has 1 fully saturated rings. The van der Waals surface area contributed by atoms with E-state index in [1.54, 1.807) is 66.7 Å². The molecule has 1 aromatic heterocycles. The molecule has 5 aromatic rings. The van der Waals surface area contributed by atoms with Crippen LogP contribution in [-0.2, 0) is 9.59 Å². The van der Waals surface area contributed by atoms with Crippen molar-refractivity contribution in [3.8, 4) is 0 Å². The highest BCUT2D eigenvalue weighted by Crippen LogP contribution is 2.40. The second-order valence-corrected chi connectivity index (χ2v) is 12.6. The summed E-state index contributed by atoms with van der Waals surface area (Å²) < 4.78 is 1.32. The minimum Gasteiger partial charge on any atom is -0.322 e. The van der Waals surface area contributed by atoms with Crippen molar-refractivity contribution in [1.82, 2.24) is 10.3 Å². The van der Waals surface area contributed by atoms with E-state index in [0.717, 1.165) is 32.5 Å². The smallest absolute Gasteiger partial charge is 0.322 e. The first-order valence-electron chi connectivity index (χ1n) is 13.8. The Morgan fingerprint density at radius 2 is 1.76 bits per heavy atom. The van der Waals surface area contributed by atoms with Gasteiger partial charge < -0.3 is 5.32 Å². The number of anilines is 2. The Morgan fingerprint density at radius 1 is 0.978 bits per heavy atom. The van der Waals surface area contributed by atoms with Crippen LogP contribution in [0.2, 0.25) is 0 Å². The van der Waals surface area contributed by atoms with Gasteiger partial charge in [-0.25, -0.2) is 14.7 Å². The number of hydrogen-bond acceptors (Lipinski definition) is 9. The number of rotatable bonds is 7. The van der Waals surface area contributed by atoms with Crippen molar-refractivity contribution in [3.63, 3.8) is 0 Å². The molecule has 1 saturated heterocycles. The zero-order chi connectivity index (χ0) is 32.5. The normalized spacial score (nSPS) is 14.1. The average molecular weight is 650 g/mol. The minimum atomic E-state index is -0.898. The van der Waals surface area contributed by atoms with Gasteiger partial charge in [0.2, 0.25) is 0 Å². The molecule has 0 unspecified atom stereocenters. The monoisotopic (exact) mass is 649 g/mol. The fraction of sp³-hybridized carbons (Fsp3) is 0.0606. The molecule has 6 rings (SSSR count). The molecule has 11 nitrogen and oxygen atoms in total. The first-order chi connectivity index (χ1) is 22.1. The summed E-state index contributed by atoms with van der Waals surface area (Å²) in [5.74, 6) is -1.99.